The number of carbonyl (C=O) groups is 2. The first kappa shape index (κ1) is 24.8. The van der Waals surface area contributed by atoms with Gasteiger partial charge in [-0.25, -0.2) is 4.39 Å². The number of methoxy groups -OCH3 is 1. The van der Waals surface area contributed by atoms with Crippen molar-refractivity contribution in [2.24, 2.45) is 0 Å². The van der Waals surface area contributed by atoms with Crippen molar-refractivity contribution in [2.45, 2.75) is 11.4 Å². The second-order valence-corrected chi connectivity index (χ2v) is 10.2. The van der Waals surface area contributed by atoms with Gasteiger partial charge in [-0.05, 0) is 71.9 Å². The number of amides is 2. The summed E-state index contributed by atoms with van der Waals surface area (Å²) in [6.45, 7) is -0.288. The lowest BCUT2D eigenvalue weighted by atomic mass is 10.2. The number of ether oxygens (including phenoxy) is 1. The van der Waals surface area contributed by atoms with Crippen LogP contribution >= 0.6 is 23.4 Å². The molecule has 1 aliphatic heterocycles. The quantitative estimate of drug-likeness (QED) is 0.293. The summed E-state index contributed by atoms with van der Waals surface area (Å²) in [5.74, 6) is -0.613. The van der Waals surface area contributed by atoms with Crippen molar-refractivity contribution in [3.8, 4) is 11.5 Å². The van der Waals surface area contributed by atoms with E-state index in [2.05, 4.69) is 0 Å². The van der Waals surface area contributed by atoms with Gasteiger partial charge < -0.3 is 8.92 Å². The number of carbonyl (C=O) groups excluding carboxylic acids is 2. The van der Waals surface area contributed by atoms with Crippen molar-refractivity contribution >= 4 is 50.7 Å². The maximum absolute atomic E-state index is 14.1. The monoisotopic (exact) mass is 533 g/mol. The van der Waals surface area contributed by atoms with Crippen molar-refractivity contribution in [1.82, 2.24) is 4.90 Å². The van der Waals surface area contributed by atoms with Crippen molar-refractivity contribution in [3.05, 3.63) is 93.6 Å². The van der Waals surface area contributed by atoms with Gasteiger partial charge in [-0.3, -0.25) is 14.5 Å². The fourth-order valence-corrected chi connectivity index (χ4v) is 5.16. The van der Waals surface area contributed by atoms with E-state index in [-0.39, 0.29) is 32.7 Å². The summed E-state index contributed by atoms with van der Waals surface area (Å²) < 4.78 is 49.2. The topological polar surface area (TPSA) is 90.0 Å². The van der Waals surface area contributed by atoms with Gasteiger partial charge in [0.05, 0.1) is 18.6 Å². The van der Waals surface area contributed by atoms with E-state index in [0.717, 1.165) is 16.7 Å². The molecule has 0 aromatic heterocycles. The normalized spacial score (nSPS) is 15.1. The van der Waals surface area contributed by atoms with E-state index < -0.39 is 27.1 Å². The van der Waals surface area contributed by atoms with E-state index >= 15 is 0 Å². The first-order valence-corrected chi connectivity index (χ1v) is 12.6. The largest absolute Gasteiger partial charge is 0.497 e. The highest BCUT2D eigenvalue weighted by Crippen LogP contribution is 2.35. The first-order chi connectivity index (χ1) is 16.7. The molecular weight excluding hydrogens is 517 g/mol. The minimum atomic E-state index is -4.06. The minimum Gasteiger partial charge on any atom is -0.497 e. The molecule has 0 spiro atoms. The maximum atomic E-state index is 14.1. The third kappa shape index (κ3) is 5.50. The summed E-state index contributed by atoms with van der Waals surface area (Å²) in [5.41, 5.74) is 0.589. The lowest BCUT2D eigenvalue weighted by Gasteiger charge is -2.14. The fourth-order valence-electron chi connectivity index (χ4n) is 3.17. The molecule has 0 atom stereocenters. The van der Waals surface area contributed by atoms with Gasteiger partial charge in [-0.1, -0.05) is 29.8 Å². The van der Waals surface area contributed by atoms with Gasteiger partial charge in [0, 0.05) is 10.6 Å². The number of hydrogen-bond acceptors (Lipinski definition) is 7. The number of thioether (sulfide) groups is 1. The van der Waals surface area contributed by atoms with E-state index in [0.29, 0.717) is 11.3 Å². The summed E-state index contributed by atoms with van der Waals surface area (Å²) in [4.78, 5) is 26.1. The smallest absolute Gasteiger partial charge is 0.339 e. The van der Waals surface area contributed by atoms with Crippen molar-refractivity contribution in [3.63, 3.8) is 0 Å². The third-order valence-electron chi connectivity index (χ3n) is 4.98. The number of rotatable bonds is 7. The summed E-state index contributed by atoms with van der Waals surface area (Å²) in [6, 6.07) is 15.8. The van der Waals surface area contributed by atoms with E-state index in [1.807, 2.05) is 0 Å². The molecule has 2 amide bonds. The molecule has 1 fully saturated rings. The summed E-state index contributed by atoms with van der Waals surface area (Å²) in [6.07, 6.45) is 1.48. The Balaban J connectivity index is 1.47. The molecule has 1 aliphatic rings. The second-order valence-electron chi connectivity index (χ2n) is 7.25. The van der Waals surface area contributed by atoms with Crippen LogP contribution in [0.15, 0.2) is 76.5 Å². The van der Waals surface area contributed by atoms with Crippen LogP contribution in [0.25, 0.3) is 6.08 Å². The lowest BCUT2D eigenvalue weighted by molar-refractivity contribution is -0.123. The molecule has 35 heavy (non-hydrogen) atoms. The van der Waals surface area contributed by atoms with Gasteiger partial charge in [-0.2, -0.15) is 8.42 Å². The SMILES string of the molecule is COc1ccc(S(=O)(=O)Oc2ccc(/C=C3\SC(=O)N(Cc4c(F)cccc4Cl)C3=O)cc2)cc1. The number of benzene rings is 3. The Morgan fingerprint density at radius 1 is 1.00 bits per heavy atom. The van der Waals surface area contributed by atoms with Gasteiger partial charge in [0.1, 0.15) is 22.2 Å². The molecule has 0 radical (unpaired) electrons. The molecule has 3 aromatic rings. The molecular formula is C24H17ClFNO6S2. The van der Waals surface area contributed by atoms with Crippen LogP contribution in [-0.2, 0) is 21.5 Å². The first-order valence-electron chi connectivity index (χ1n) is 10.0. The molecule has 180 valence electrons. The van der Waals surface area contributed by atoms with E-state index in [1.165, 1.54) is 67.8 Å². The van der Waals surface area contributed by atoms with Gasteiger partial charge >= 0.3 is 10.1 Å². The predicted octanol–water partition coefficient (Wildman–Crippen LogP) is 5.49. The summed E-state index contributed by atoms with van der Waals surface area (Å²) in [7, 11) is -2.58. The number of nitrogens with zero attached hydrogens (tertiary/aromatic N) is 1. The Labute approximate surface area is 210 Å². The minimum absolute atomic E-state index is 0.0361. The van der Waals surface area contributed by atoms with Gasteiger partial charge in [0.25, 0.3) is 11.1 Å². The number of hydrogen-bond donors (Lipinski definition) is 0. The molecule has 0 unspecified atom stereocenters. The second kappa shape index (κ2) is 10.1. The molecule has 3 aromatic carbocycles. The summed E-state index contributed by atoms with van der Waals surface area (Å²) >= 11 is 6.73. The van der Waals surface area contributed by atoms with Crippen LogP contribution in [0.4, 0.5) is 9.18 Å². The fraction of sp³-hybridized carbons (Fsp3) is 0.0833. The maximum Gasteiger partial charge on any atom is 0.339 e. The van der Waals surface area contributed by atoms with Crippen molar-refractivity contribution in [2.75, 3.05) is 7.11 Å². The molecule has 11 heteroatoms. The van der Waals surface area contributed by atoms with Crippen LogP contribution in [-0.4, -0.2) is 31.6 Å². The van der Waals surface area contributed by atoms with E-state index in [1.54, 1.807) is 12.1 Å². The lowest BCUT2D eigenvalue weighted by Crippen LogP contribution is -2.28. The molecule has 4 rings (SSSR count). The highest BCUT2D eigenvalue weighted by Gasteiger charge is 2.35. The predicted molar refractivity (Wildman–Crippen MR) is 130 cm³/mol. The number of imide groups is 1. The third-order valence-corrected chi connectivity index (χ3v) is 7.51. The zero-order chi connectivity index (χ0) is 25.2. The Hall–Kier alpha value is -3.34. The van der Waals surface area contributed by atoms with Crippen LogP contribution in [0.2, 0.25) is 5.02 Å². The van der Waals surface area contributed by atoms with Gasteiger partial charge in [0.2, 0.25) is 0 Å². The zero-order valence-electron chi connectivity index (χ0n) is 18.1. The molecule has 0 N–H and O–H groups in total. The standard InChI is InChI=1S/C24H17ClFNO6S2/c1-32-16-9-11-18(12-10-16)35(30,31)33-17-7-5-15(6-8-17)13-22-23(28)27(24(29)34-22)14-19-20(25)3-2-4-21(19)26/h2-13H,14H2,1H3/b22-13-. The molecule has 1 saturated heterocycles. The van der Waals surface area contributed by atoms with Gasteiger partial charge in [-0.15, -0.1) is 0 Å². The Kier molecular flexibility index (Phi) is 7.15. The average molecular weight is 534 g/mol. The van der Waals surface area contributed by atoms with Gasteiger partial charge in [0.15, 0.2) is 0 Å². The summed E-state index contributed by atoms with van der Waals surface area (Å²) in [5, 5.41) is -0.431. The van der Waals surface area contributed by atoms with Crippen molar-refractivity contribution in [1.29, 1.82) is 0 Å². The van der Waals surface area contributed by atoms with Crippen LogP contribution < -0.4 is 8.92 Å². The number of halogens is 2. The zero-order valence-corrected chi connectivity index (χ0v) is 20.5. The van der Waals surface area contributed by atoms with Crippen molar-refractivity contribution < 1.29 is 31.3 Å². The molecule has 7 nitrogen and oxygen atoms in total. The highest BCUT2D eigenvalue weighted by molar-refractivity contribution is 8.18. The van der Waals surface area contributed by atoms with Crippen LogP contribution in [0.5, 0.6) is 11.5 Å². The Bertz CT molecular complexity index is 1400. The molecule has 0 aliphatic carbocycles. The molecule has 1 heterocycles. The van der Waals surface area contributed by atoms with Crippen LogP contribution in [0.3, 0.4) is 0 Å². The average Bonchev–Trinajstić information content (AvgIpc) is 3.09. The van der Waals surface area contributed by atoms with Crippen LogP contribution in [0, 0.1) is 5.82 Å². The molecule has 0 saturated carbocycles. The van der Waals surface area contributed by atoms with E-state index in [4.69, 9.17) is 20.5 Å². The Morgan fingerprint density at radius 3 is 2.29 bits per heavy atom. The van der Waals surface area contributed by atoms with E-state index in [9.17, 15) is 22.4 Å². The Morgan fingerprint density at radius 2 is 1.66 bits per heavy atom. The van der Waals surface area contributed by atoms with Crippen LogP contribution in [0.1, 0.15) is 11.1 Å². The highest BCUT2D eigenvalue weighted by atomic mass is 35.5. The molecule has 0 bridgehead atoms.